The van der Waals surface area contributed by atoms with Crippen LogP contribution >= 0.6 is 12.2 Å². The summed E-state index contributed by atoms with van der Waals surface area (Å²) in [6.45, 7) is 2.06. The van der Waals surface area contributed by atoms with Gasteiger partial charge in [-0.1, -0.05) is 29.8 Å². The molecule has 0 amide bonds. The van der Waals surface area contributed by atoms with E-state index >= 15 is 0 Å². The summed E-state index contributed by atoms with van der Waals surface area (Å²) in [4.78, 5) is 12.2. The SMILES string of the molecule is Cc1cccc(C2NC(=S)NC3=C2C(=O)CCC3)c1. The van der Waals surface area contributed by atoms with E-state index in [1.165, 1.54) is 5.56 Å². The average molecular weight is 272 g/mol. The Morgan fingerprint density at radius 2 is 2.16 bits per heavy atom. The number of aryl methyl sites for hydroxylation is 1. The van der Waals surface area contributed by atoms with Gasteiger partial charge in [0.15, 0.2) is 10.9 Å². The number of carbonyl (C=O) groups is 1. The fourth-order valence-corrected chi connectivity index (χ4v) is 3.05. The Morgan fingerprint density at radius 3 is 2.95 bits per heavy atom. The molecule has 0 saturated carbocycles. The topological polar surface area (TPSA) is 41.1 Å². The number of thiocarbonyl (C=S) groups is 1. The molecule has 4 heteroatoms. The van der Waals surface area contributed by atoms with Crippen molar-refractivity contribution in [3.8, 4) is 0 Å². The van der Waals surface area contributed by atoms with Gasteiger partial charge in [0.2, 0.25) is 0 Å². The predicted molar refractivity (Wildman–Crippen MR) is 78.7 cm³/mol. The van der Waals surface area contributed by atoms with Gasteiger partial charge in [-0.2, -0.15) is 0 Å². The Hall–Kier alpha value is -1.68. The molecule has 0 fully saturated rings. The van der Waals surface area contributed by atoms with Crippen molar-refractivity contribution in [2.45, 2.75) is 32.2 Å². The van der Waals surface area contributed by atoms with Gasteiger partial charge in [-0.05, 0) is 37.5 Å². The molecule has 1 aliphatic carbocycles. The Labute approximate surface area is 118 Å². The maximum Gasteiger partial charge on any atom is 0.171 e. The van der Waals surface area contributed by atoms with Gasteiger partial charge in [0.25, 0.3) is 0 Å². The summed E-state index contributed by atoms with van der Waals surface area (Å²) in [5.41, 5.74) is 4.16. The molecule has 1 aromatic rings. The fourth-order valence-electron chi connectivity index (χ4n) is 2.80. The maximum atomic E-state index is 12.2. The highest BCUT2D eigenvalue weighted by molar-refractivity contribution is 7.80. The number of nitrogens with one attached hydrogen (secondary N) is 2. The van der Waals surface area contributed by atoms with Gasteiger partial charge < -0.3 is 10.6 Å². The lowest BCUT2D eigenvalue weighted by atomic mass is 9.85. The summed E-state index contributed by atoms with van der Waals surface area (Å²) in [6.07, 6.45) is 2.45. The molecule has 0 radical (unpaired) electrons. The third kappa shape index (κ3) is 2.28. The molecule has 2 N–H and O–H groups in total. The Morgan fingerprint density at radius 1 is 1.32 bits per heavy atom. The van der Waals surface area contributed by atoms with Crippen LogP contribution in [0.3, 0.4) is 0 Å². The highest BCUT2D eigenvalue weighted by Crippen LogP contribution is 2.33. The average Bonchev–Trinajstić information content (AvgIpc) is 2.37. The minimum Gasteiger partial charge on any atom is -0.351 e. The Bertz CT molecular complexity index is 592. The van der Waals surface area contributed by atoms with E-state index in [2.05, 4.69) is 29.7 Å². The third-order valence-electron chi connectivity index (χ3n) is 3.66. The summed E-state index contributed by atoms with van der Waals surface area (Å²) in [5.74, 6) is 0.232. The van der Waals surface area contributed by atoms with Crippen LogP contribution < -0.4 is 10.6 Å². The Kier molecular flexibility index (Phi) is 3.11. The lowest BCUT2D eigenvalue weighted by Crippen LogP contribution is -2.46. The molecule has 2 aliphatic rings. The van der Waals surface area contributed by atoms with Crippen LogP contribution in [0.15, 0.2) is 35.5 Å². The van der Waals surface area contributed by atoms with Crippen molar-refractivity contribution in [2.75, 3.05) is 0 Å². The molecular weight excluding hydrogens is 256 g/mol. The van der Waals surface area contributed by atoms with Gasteiger partial charge in [0.05, 0.1) is 6.04 Å². The first kappa shape index (κ1) is 12.4. The second-order valence-corrected chi connectivity index (χ2v) is 5.52. The van der Waals surface area contributed by atoms with Gasteiger partial charge in [-0.15, -0.1) is 0 Å². The van der Waals surface area contributed by atoms with Crippen LogP contribution in [-0.4, -0.2) is 10.9 Å². The third-order valence-corrected chi connectivity index (χ3v) is 3.88. The Balaban J connectivity index is 2.08. The van der Waals surface area contributed by atoms with E-state index in [4.69, 9.17) is 12.2 Å². The summed E-state index contributed by atoms with van der Waals surface area (Å²) in [7, 11) is 0. The normalized spacial score (nSPS) is 22.7. The van der Waals surface area contributed by atoms with Crippen molar-refractivity contribution >= 4 is 23.1 Å². The van der Waals surface area contributed by atoms with E-state index in [-0.39, 0.29) is 11.8 Å². The molecule has 3 rings (SSSR count). The molecule has 1 unspecified atom stereocenters. The predicted octanol–water partition coefficient (Wildman–Crippen LogP) is 2.52. The fraction of sp³-hybridized carbons (Fsp3) is 0.333. The minimum absolute atomic E-state index is 0.101. The second-order valence-electron chi connectivity index (χ2n) is 5.11. The highest BCUT2D eigenvalue weighted by Gasteiger charge is 2.32. The van der Waals surface area contributed by atoms with Crippen LogP contribution in [0.5, 0.6) is 0 Å². The molecule has 0 spiro atoms. The molecule has 3 nitrogen and oxygen atoms in total. The van der Waals surface area contributed by atoms with E-state index < -0.39 is 0 Å². The van der Waals surface area contributed by atoms with Gasteiger partial charge >= 0.3 is 0 Å². The van der Waals surface area contributed by atoms with Crippen LogP contribution in [0.25, 0.3) is 0 Å². The first-order chi connectivity index (χ1) is 9.15. The van der Waals surface area contributed by atoms with Gasteiger partial charge in [0, 0.05) is 17.7 Å². The molecule has 0 saturated heterocycles. The maximum absolute atomic E-state index is 12.2. The van der Waals surface area contributed by atoms with E-state index in [1.807, 2.05) is 12.1 Å². The van der Waals surface area contributed by atoms with Crippen LogP contribution in [0.4, 0.5) is 0 Å². The quantitative estimate of drug-likeness (QED) is 0.771. The molecule has 98 valence electrons. The molecule has 1 aliphatic heterocycles. The number of carbonyl (C=O) groups excluding carboxylic acids is 1. The van der Waals surface area contributed by atoms with E-state index in [0.29, 0.717) is 11.5 Å². The van der Waals surface area contributed by atoms with Crippen molar-refractivity contribution in [3.05, 3.63) is 46.7 Å². The largest absolute Gasteiger partial charge is 0.351 e. The summed E-state index contributed by atoms with van der Waals surface area (Å²) >= 11 is 5.25. The van der Waals surface area contributed by atoms with E-state index in [1.54, 1.807) is 0 Å². The zero-order valence-electron chi connectivity index (χ0n) is 10.8. The summed E-state index contributed by atoms with van der Waals surface area (Å²) in [6, 6.07) is 8.13. The monoisotopic (exact) mass is 272 g/mol. The molecule has 0 bridgehead atoms. The van der Waals surface area contributed by atoms with E-state index in [0.717, 1.165) is 29.7 Å². The summed E-state index contributed by atoms with van der Waals surface area (Å²) in [5, 5.41) is 6.98. The minimum atomic E-state index is -0.101. The van der Waals surface area contributed by atoms with Crippen molar-refractivity contribution in [1.29, 1.82) is 0 Å². The van der Waals surface area contributed by atoms with Crippen LogP contribution in [0.1, 0.15) is 36.4 Å². The number of benzene rings is 1. The number of Topliss-reactive ketones (excluding diaryl/α,β-unsaturated/α-hetero) is 1. The van der Waals surface area contributed by atoms with Crippen molar-refractivity contribution in [2.24, 2.45) is 0 Å². The van der Waals surface area contributed by atoms with Gasteiger partial charge in [-0.3, -0.25) is 4.79 Å². The number of hydrogen-bond acceptors (Lipinski definition) is 2. The number of rotatable bonds is 1. The zero-order chi connectivity index (χ0) is 13.4. The lowest BCUT2D eigenvalue weighted by molar-refractivity contribution is -0.116. The summed E-state index contributed by atoms with van der Waals surface area (Å²) < 4.78 is 0. The number of ketones is 1. The lowest BCUT2D eigenvalue weighted by Gasteiger charge is -2.33. The van der Waals surface area contributed by atoms with E-state index in [9.17, 15) is 4.79 Å². The first-order valence-electron chi connectivity index (χ1n) is 6.55. The molecule has 0 aromatic heterocycles. The van der Waals surface area contributed by atoms with Crippen molar-refractivity contribution < 1.29 is 4.79 Å². The van der Waals surface area contributed by atoms with Crippen LogP contribution in [0, 0.1) is 6.92 Å². The van der Waals surface area contributed by atoms with Gasteiger partial charge in [0.1, 0.15) is 0 Å². The number of hydrogen-bond donors (Lipinski definition) is 2. The molecule has 1 aromatic carbocycles. The molecule has 1 atom stereocenters. The standard InChI is InChI=1S/C15H16N2OS/c1-9-4-2-5-10(8-9)14-13-11(16-15(19)17-14)6-3-7-12(13)18/h2,4-5,8,14H,3,6-7H2,1H3,(H2,16,17,19). The molecule has 19 heavy (non-hydrogen) atoms. The molecule has 1 heterocycles. The molecular formula is C15H16N2OS. The van der Waals surface area contributed by atoms with Crippen molar-refractivity contribution in [3.63, 3.8) is 0 Å². The number of allylic oxidation sites excluding steroid dienone is 1. The van der Waals surface area contributed by atoms with Crippen LogP contribution in [-0.2, 0) is 4.79 Å². The zero-order valence-corrected chi connectivity index (χ0v) is 11.6. The van der Waals surface area contributed by atoms with Gasteiger partial charge in [-0.25, -0.2) is 0 Å². The first-order valence-corrected chi connectivity index (χ1v) is 6.96. The smallest absolute Gasteiger partial charge is 0.171 e. The van der Waals surface area contributed by atoms with Crippen molar-refractivity contribution in [1.82, 2.24) is 10.6 Å². The van der Waals surface area contributed by atoms with Crippen LogP contribution in [0.2, 0.25) is 0 Å². The second kappa shape index (κ2) is 4.78. The highest BCUT2D eigenvalue weighted by atomic mass is 32.1.